The van der Waals surface area contributed by atoms with E-state index < -0.39 is 94.4 Å². The first-order chi connectivity index (χ1) is 34.7. The molecular weight excluding hydrogens is 946 g/mol. The van der Waals surface area contributed by atoms with Crippen LogP contribution in [0.5, 0.6) is 0 Å². The van der Waals surface area contributed by atoms with Crippen LogP contribution in [0.2, 0.25) is 0 Å². The zero-order valence-electron chi connectivity index (χ0n) is 44.9. The van der Waals surface area contributed by atoms with Crippen LogP contribution in [0, 0.1) is 0 Å². The summed E-state index contributed by atoms with van der Waals surface area (Å²) in [5.41, 5.74) is 0. The molecule has 17 heteroatoms. The Labute approximate surface area is 435 Å². The lowest BCUT2D eigenvalue weighted by atomic mass is 9.84. The van der Waals surface area contributed by atoms with E-state index in [0.29, 0.717) is 12.8 Å². The minimum Gasteiger partial charge on any atom is -0.388 e. The third-order valence-corrected chi connectivity index (χ3v) is 15.5. The Balaban J connectivity index is 1.85. The van der Waals surface area contributed by atoms with Gasteiger partial charge in [-0.3, -0.25) is 13.8 Å². The number of phosphoric acid groups is 1. The van der Waals surface area contributed by atoms with Crippen molar-refractivity contribution in [3.05, 3.63) is 12.2 Å². The zero-order chi connectivity index (χ0) is 52.8. The number of aliphatic hydroxyl groups is 8. The number of unbranched alkanes of at least 4 members (excludes halogenated alkanes) is 33. The van der Waals surface area contributed by atoms with Gasteiger partial charge in [0.25, 0.3) is 0 Å². The van der Waals surface area contributed by atoms with E-state index >= 15 is 0 Å². The van der Waals surface area contributed by atoms with Gasteiger partial charge in [-0.25, -0.2) is 4.57 Å². The lowest BCUT2D eigenvalue weighted by molar-refractivity contribution is -0.319. The van der Waals surface area contributed by atoms with Crippen LogP contribution in [0.15, 0.2) is 12.2 Å². The second-order valence-corrected chi connectivity index (χ2v) is 22.5. The van der Waals surface area contributed by atoms with Crippen LogP contribution in [0.3, 0.4) is 0 Å². The topological polar surface area (TPSA) is 265 Å². The van der Waals surface area contributed by atoms with Gasteiger partial charge in [-0.2, -0.15) is 0 Å². The van der Waals surface area contributed by atoms with Crippen molar-refractivity contribution in [2.45, 2.75) is 318 Å². The SMILES string of the molecule is CCCCCCCCCCCCCCCCCCCCCC=CC(O)C(COP(=O)(O)OC1C(O)C(O)C(O)C(O)C1OC1OCC(O)C(O)C1O)NC(=O)CCCCCCCCCCCCCCCCC. The normalized spacial score (nSPS) is 26.5. The molecule has 1 heterocycles. The van der Waals surface area contributed by atoms with Crippen LogP contribution >= 0.6 is 7.82 Å². The molecule has 1 amide bonds. The summed E-state index contributed by atoms with van der Waals surface area (Å²) in [7, 11) is -5.28. The largest absolute Gasteiger partial charge is 0.472 e. The number of allylic oxidation sites excluding steroid dienone is 1. The molecule has 0 bridgehead atoms. The summed E-state index contributed by atoms with van der Waals surface area (Å²) in [4.78, 5) is 24.1. The van der Waals surface area contributed by atoms with Gasteiger partial charge in [0.1, 0.15) is 54.9 Å². The molecule has 10 N–H and O–H groups in total. The Bertz CT molecular complexity index is 1380. The predicted molar refractivity (Wildman–Crippen MR) is 282 cm³/mol. The number of rotatable bonds is 46. The summed E-state index contributed by atoms with van der Waals surface area (Å²) < 4.78 is 34.7. The maximum absolute atomic E-state index is 13.5. The first kappa shape index (κ1) is 67.0. The fourth-order valence-electron chi connectivity index (χ4n) is 9.75. The Morgan fingerprint density at radius 3 is 1.38 bits per heavy atom. The summed E-state index contributed by atoms with van der Waals surface area (Å²) in [6.45, 7) is 3.27. The van der Waals surface area contributed by atoms with E-state index in [-0.39, 0.29) is 12.3 Å². The van der Waals surface area contributed by atoms with Crippen LogP contribution in [0.1, 0.15) is 245 Å². The lowest BCUT2D eigenvalue weighted by Crippen LogP contribution is -2.66. The molecule has 0 aromatic rings. The highest BCUT2D eigenvalue weighted by atomic mass is 31.2. The number of carbonyl (C=O) groups excluding carboxylic acids is 1. The molecule has 16 nitrogen and oxygen atoms in total. The number of hydrogen-bond donors (Lipinski definition) is 10. The molecule has 1 aliphatic heterocycles. The number of aliphatic hydroxyl groups excluding tert-OH is 8. The quantitative estimate of drug-likeness (QED) is 0.0155. The molecule has 2 rings (SSSR count). The average molecular weight is 1050 g/mol. The van der Waals surface area contributed by atoms with E-state index in [1.54, 1.807) is 0 Å². The number of phosphoric ester groups is 1. The number of carbonyl (C=O) groups is 1. The van der Waals surface area contributed by atoms with Crippen molar-refractivity contribution in [2.24, 2.45) is 0 Å². The molecule has 2 fully saturated rings. The van der Waals surface area contributed by atoms with E-state index in [0.717, 1.165) is 44.9 Å². The average Bonchev–Trinajstić information content (AvgIpc) is 3.36. The molecule has 2 aliphatic rings. The Kier molecular flexibility index (Phi) is 39.1. The summed E-state index contributed by atoms with van der Waals surface area (Å²) in [6.07, 6.45) is 25.9. The van der Waals surface area contributed by atoms with Crippen LogP contribution < -0.4 is 5.32 Å². The van der Waals surface area contributed by atoms with Gasteiger partial charge in [-0.05, 0) is 19.3 Å². The third kappa shape index (κ3) is 30.0. The number of ether oxygens (including phenoxy) is 2. The van der Waals surface area contributed by atoms with Crippen molar-refractivity contribution in [1.82, 2.24) is 5.32 Å². The van der Waals surface area contributed by atoms with Gasteiger partial charge in [0, 0.05) is 6.42 Å². The molecule has 0 spiro atoms. The van der Waals surface area contributed by atoms with Crippen molar-refractivity contribution in [3.8, 4) is 0 Å². The minimum atomic E-state index is -5.28. The summed E-state index contributed by atoms with van der Waals surface area (Å²) in [5.74, 6) is -0.381. The highest BCUT2D eigenvalue weighted by Gasteiger charge is 2.54. The molecule has 1 saturated heterocycles. The first-order valence-corrected chi connectivity index (χ1v) is 30.6. The minimum absolute atomic E-state index is 0.171. The molecule has 0 radical (unpaired) electrons. The first-order valence-electron chi connectivity index (χ1n) is 29.1. The van der Waals surface area contributed by atoms with Crippen molar-refractivity contribution in [2.75, 3.05) is 13.2 Å². The van der Waals surface area contributed by atoms with Gasteiger partial charge in [-0.1, -0.05) is 231 Å². The maximum Gasteiger partial charge on any atom is 0.472 e. The van der Waals surface area contributed by atoms with E-state index in [1.165, 1.54) is 173 Å². The Morgan fingerprint density at radius 1 is 0.556 bits per heavy atom. The molecule has 13 unspecified atom stereocenters. The second kappa shape index (κ2) is 42.0. The number of nitrogens with one attached hydrogen (secondary N) is 1. The fraction of sp³-hybridized carbons (Fsp3) is 0.945. The van der Waals surface area contributed by atoms with Crippen LogP contribution in [-0.2, 0) is 27.9 Å². The number of amides is 1. The van der Waals surface area contributed by atoms with Gasteiger partial charge in [0.15, 0.2) is 6.29 Å². The number of hydrogen-bond acceptors (Lipinski definition) is 14. The van der Waals surface area contributed by atoms with Gasteiger partial charge >= 0.3 is 7.82 Å². The van der Waals surface area contributed by atoms with Gasteiger partial charge in [0.05, 0.1) is 25.4 Å². The van der Waals surface area contributed by atoms with Crippen molar-refractivity contribution >= 4 is 13.7 Å². The standard InChI is InChI=1S/C55H106NO15P/c1-3-5-7-9-11-13-15-17-19-20-21-22-23-24-26-27-29-31-33-35-37-39-44(57)43(56-46(59)40-38-36-34-32-30-28-25-18-16-14-12-10-8-6-4-2)41-69-72(66,67)71-54-51(64)49(62)48(61)50(63)53(54)70-55-52(65)47(60)45(58)42-68-55/h37,39,43-45,47-55,57-58,60-65H,3-36,38,40-42H2,1-2H3,(H,56,59)(H,66,67). The molecule has 72 heavy (non-hydrogen) atoms. The molecule has 1 saturated carbocycles. The molecule has 1 aliphatic carbocycles. The molecule has 13 atom stereocenters. The van der Waals surface area contributed by atoms with Crippen molar-refractivity contribution < 1.29 is 73.6 Å². The van der Waals surface area contributed by atoms with Crippen LogP contribution in [-0.4, -0.2) is 138 Å². The predicted octanol–water partition coefficient (Wildman–Crippen LogP) is 9.26. The van der Waals surface area contributed by atoms with Crippen LogP contribution in [0.4, 0.5) is 0 Å². The van der Waals surface area contributed by atoms with E-state index in [9.17, 15) is 55.1 Å². The Morgan fingerprint density at radius 2 is 0.944 bits per heavy atom. The second-order valence-electron chi connectivity index (χ2n) is 21.1. The summed E-state index contributed by atoms with van der Waals surface area (Å²) >= 11 is 0. The van der Waals surface area contributed by atoms with Gasteiger partial charge in [-0.15, -0.1) is 0 Å². The summed E-state index contributed by atoms with van der Waals surface area (Å²) in [6, 6.07) is -1.20. The zero-order valence-corrected chi connectivity index (χ0v) is 45.8. The van der Waals surface area contributed by atoms with Crippen molar-refractivity contribution in [3.63, 3.8) is 0 Å². The van der Waals surface area contributed by atoms with E-state index in [4.69, 9.17) is 18.5 Å². The monoisotopic (exact) mass is 1050 g/mol. The highest BCUT2D eigenvalue weighted by Crippen LogP contribution is 2.48. The van der Waals surface area contributed by atoms with E-state index in [1.807, 2.05) is 6.08 Å². The van der Waals surface area contributed by atoms with Crippen molar-refractivity contribution in [1.29, 1.82) is 0 Å². The molecular formula is C55H106NO15P. The molecule has 0 aromatic carbocycles. The van der Waals surface area contributed by atoms with Gasteiger partial charge in [0.2, 0.25) is 5.91 Å². The highest BCUT2D eigenvalue weighted by molar-refractivity contribution is 7.47. The van der Waals surface area contributed by atoms with Gasteiger partial charge < -0.3 is 60.5 Å². The third-order valence-electron chi connectivity index (χ3n) is 14.5. The molecule has 426 valence electrons. The summed E-state index contributed by atoms with van der Waals surface area (Å²) in [5, 5.41) is 86.9. The Hall–Kier alpha value is -1.08. The molecule has 0 aromatic heterocycles. The van der Waals surface area contributed by atoms with Crippen LogP contribution in [0.25, 0.3) is 0 Å². The lowest BCUT2D eigenvalue weighted by Gasteiger charge is -2.46. The smallest absolute Gasteiger partial charge is 0.388 e. The maximum atomic E-state index is 13.5. The van der Waals surface area contributed by atoms with E-state index in [2.05, 4.69) is 19.2 Å². The fourth-order valence-corrected chi connectivity index (χ4v) is 10.7.